The highest BCUT2D eigenvalue weighted by molar-refractivity contribution is 5.93. The lowest BCUT2D eigenvalue weighted by Crippen LogP contribution is -2.44. The average Bonchev–Trinajstić information content (AvgIpc) is 3.48. The summed E-state index contributed by atoms with van der Waals surface area (Å²) in [5.41, 5.74) is 0.262. The first-order chi connectivity index (χ1) is 12.8. The summed E-state index contributed by atoms with van der Waals surface area (Å²) < 4.78 is 19.1. The maximum atomic E-state index is 14.1. The van der Waals surface area contributed by atoms with Crippen LogP contribution < -0.4 is 10.1 Å². The molecule has 2 atom stereocenters. The van der Waals surface area contributed by atoms with Crippen LogP contribution in [0.3, 0.4) is 0 Å². The maximum absolute atomic E-state index is 14.1. The number of likely N-dealkylation sites (tertiary alicyclic amines) is 1. The lowest BCUT2D eigenvalue weighted by atomic mass is 9.96. The second kappa shape index (κ2) is 7.94. The molecule has 146 valence electrons. The van der Waals surface area contributed by atoms with Crippen molar-refractivity contribution in [2.45, 2.75) is 38.7 Å². The Bertz CT molecular complexity index is 750. The van der Waals surface area contributed by atoms with Crippen LogP contribution in [0.5, 0.6) is 5.75 Å². The van der Waals surface area contributed by atoms with Crippen molar-refractivity contribution in [1.29, 1.82) is 0 Å². The molecule has 2 amide bonds. The minimum absolute atomic E-state index is 0.127. The van der Waals surface area contributed by atoms with Crippen LogP contribution in [0.4, 0.5) is 10.1 Å². The van der Waals surface area contributed by atoms with Crippen molar-refractivity contribution in [3.8, 4) is 5.75 Å². The number of amides is 2. The Morgan fingerprint density at radius 2 is 2.00 bits per heavy atom. The van der Waals surface area contributed by atoms with Crippen LogP contribution in [0.2, 0.25) is 0 Å². The average molecular weight is 378 g/mol. The van der Waals surface area contributed by atoms with E-state index in [-0.39, 0.29) is 35.1 Å². The fourth-order valence-electron chi connectivity index (χ4n) is 3.14. The monoisotopic (exact) mass is 378 g/mol. The highest BCUT2D eigenvalue weighted by Gasteiger charge is 2.36. The smallest absolute Gasteiger partial charge is 0.344 e. The van der Waals surface area contributed by atoms with E-state index in [1.807, 2.05) is 0 Å². The lowest BCUT2D eigenvalue weighted by Gasteiger charge is -2.32. The molecule has 3 rings (SSSR count). The zero-order chi connectivity index (χ0) is 19.6. The molecule has 1 aliphatic carbocycles. The number of rotatable bonds is 6. The predicted octanol–water partition coefficient (Wildman–Crippen LogP) is 2.26. The quantitative estimate of drug-likeness (QED) is 0.792. The van der Waals surface area contributed by atoms with Crippen LogP contribution >= 0.6 is 0 Å². The summed E-state index contributed by atoms with van der Waals surface area (Å²) in [4.78, 5) is 37.2. The number of hydrogen-bond donors (Lipinski definition) is 2. The number of anilines is 1. The number of nitrogens with one attached hydrogen (secondary N) is 1. The van der Waals surface area contributed by atoms with E-state index in [1.165, 1.54) is 19.1 Å². The standard InChI is InChI=1S/C19H23FN2O5/c1-11(19(25)26)27-16-7-6-14(9-15(16)20)21-17(23)13-3-2-8-22(10-13)18(24)12-4-5-12/h6-7,9,11-13H,2-5,8,10H2,1H3,(H,21,23)(H,25,26). The number of hydrogen-bond acceptors (Lipinski definition) is 4. The molecule has 1 aromatic carbocycles. The van der Waals surface area contributed by atoms with Gasteiger partial charge in [0.15, 0.2) is 17.7 Å². The van der Waals surface area contributed by atoms with Gasteiger partial charge >= 0.3 is 5.97 Å². The number of aliphatic carboxylic acids is 1. The summed E-state index contributed by atoms with van der Waals surface area (Å²) in [6, 6.07) is 3.84. The van der Waals surface area contributed by atoms with Gasteiger partial charge in [-0.1, -0.05) is 0 Å². The van der Waals surface area contributed by atoms with Crippen molar-refractivity contribution in [3.63, 3.8) is 0 Å². The Balaban J connectivity index is 1.59. The van der Waals surface area contributed by atoms with E-state index in [9.17, 15) is 18.8 Å². The molecule has 0 bridgehead atoms. The molecule has 1 aromatic rings. The van der Waals surface area contributed by atoms with Crippen LogP contribution in [0.25, 0.3) is 0 Å². The van der Waals surface area contributed by atoms with Gasteiger partial charge in [-0.05, 0) is 44.7 Å². The fraction of sp³-hybridized carbons (Fsp3) is 0.526. The van der Waals surface area contributed by atoms with Crippen molar-refractivity contribution in [3.05, 3.63) is 24.0 Å². The number of carbonyl (C=O) groups is 3. The van der Waals surface area contributed by atoms with Gasteiger partial charge in [-0.3, -0.25) is 9.59 Å². The minimum atomic E-state index is -1.20. The summed E-state index contributed by atoms with van der Waals surface area (Å²) in [5.74, 6) is -2.47. The molecule has 0 aromatic heterocycles. The topological polar surface area (TPSA) is 95.9 Å². The number of halogens is 1. The Kier molecular flexibility index (Phi) is 5.62. The molecule has 2 unspecified atom stereocenters. The summed E-state index contributed by atoms with van der Waals surface area (Å²) in [7, 11) is 0. The SMILES string of the molecule is CC(Oc1ccc(NC(=O)C2CCCN(C(=O)C3CC3)C2)cc1F)C(=O)O. The molecule has 2 fully saturated rings. The van der Waals surface area contributed by atoms with E-state index in [1.54, 1.807) is 4.90 Å². The largest absolute Gasteiger partial charge is 0.479 e. The lowest BCUT2D eigenvalue weighted by molar-refractivity contribution is -0.144. The first-order valence-electron chi connectivity index (χ1n) is 9.14. The molecule has 0 radical (unpaired) electrons. The highest BCUT2D eigenvalue weighted by atomic mass is 19.1. The molecule has 2 N–H and O–H groups in total. The molecule has 27 heavy (non-hydrogen) atoms. The minimum Gasteiger partial charge on any atom is -0.479 e. The van der Waals surface area contributed by atoms with Crippen molar-refractivity contribution in [2.24, 2.45) is 11.8 Å². The van der Waals surface area contributed by atoms with Gasteiger partial charge in [0.1, 0.15) is 0 Å². The molecule has 8 heteroatoms. The molecule has 1 heterocycles. The molecular formula is C19H23FN2O5. The third-order valence-corrected chi connectivity index (χ3v) is 4.88. The molecular weight excluding hydrogens is 355 g/mol. The second-order valence-corrected chi connectivity index (χ2v) is 7.13. The van der Waals surface area contributed by atoms with Gasteiger partial charge in [-0.15, -0.1) is 0 Å². The van der Waals surface area contributed by atoms with E-state index < -0.39 is 17.9 Å². The van der Waals surface area contributed by atoms with E-state index in [0.717, 1.165) is 25.3 Å². The van der Waals surface area contributed by atoms with Crippen LogP contribution in [0, 0.1) is 17.7 Å². The third-order valence-electron chi connectivity index (χ3n) is 4.88. The Labute approximate surface area is 156 Å². The fourth-order valence-corrected chi connectivity index (χ4v) is 3.14. The van der Waals surface area contributed by atoms with Crippen molar-refractivity contribution < 1.29 is 28.6 Å². The van der Waals surface area contributed by atoms with Crippen LogP contribution in [-0.2, 0) is 14.4 Å². The normalized spacial score (nSPS) is 20.7. The molecule has 2 aliphatic rings. The van der Waals surface area contributed by atoms with Gasteiger partial charge < -0.3 is 20.1 Å². The highest BCUT2D eigenvalue weighted by Crippen LogP contribution is 2.32. The van der Waals surface area contributed by atoms with Crippen molar-refractivity contribution in [1.82, 2.24) is 4.90 Å². The van der Waals surface area contributed by atoms with Gasteiger partial charge in [0, 0.05) is 30.8 Å². The number of piperidine rings is 1. The molecule has 1 saturated heterocycles. The van der Waals surface area contributed by atoms with Crippen LogP contribution in [0.15, 0.2) is 18.2 Å². The zero-order valence-corrected chi connectivity index (χ0v) is 15.1. The second-order valence-electron chi connectivity index (χ2n) is 7.13. The summed E-state index contributed by atoms with van der Waals surface area (Å²) in [6.07, 6.45) is 2.13. The van der Waals surface area contributed by atoms with Crippen LogP contribution in [-0.4, -0.2) is 47.0 Å². The van der Waals surface area contributed by atoms with Crippen LogP contribution in [0.1, 0.15) is 32.6 Å². The first kappa shape index (κ1) is 19.1. The summed E-state index contributed by atoms with van der Waals surface area (Å²) >= 11 is 0. The molecule has 1 aliphatic heterocycles. The van der Waals surface area contributed by atoms with Gasteiger partial charge in [0.25, 0.3) is 0 Å². The van der Waals surface area contributed by atoms with Gasteiger partial charge in [-0.25, -0.2) is 9.18 Å². The first-order valence-corrected chi connectivity index (χ1v) is 9.14. The zero-order valence-electron chi connectivity index (χ0n) is 15.1. The Hall–Kier alpha value is -2.64. The molecule has 1 saturated carbocycles. The maximum Gasteiger partial charge on any atom is 0.344 e. The Morgan fingerprint density at radius 1 is 1.26 bits per heavy atom. The molecule has 7 nitrogen and oxygen atoms in total. The van der Waals surface area contributed by atoms with E-state index >= 15 is 0 Å². The van der Waals surface area contributed by atoms with E-state index in [2.05, 4.69) is 5.32 Å². The number of ether oxygens (including phenoxy) is 1. The van der Waals surface area contributed by atoms with Gasteiger partial charge in [0.2, 0.25) is 11.8 Å². The number of benzene rings is 1. The number of carboxylic acid groups (broad SMARTS) is 1. The summed E-state index contributed by atoms with van der Waals surface area (Å²) in [5, 5.41) is 11.5. The van der Waals surface area contributed by atoms with Gasteiger partial charge in [-0.2, -0.15) is 0 Å². The molecule has 0 spiro atoms. The predicted molar refractivity (Wildman–Crippen MR) is 94.8 cm³/mol. The van der Waals surface area contributed by atoms with Gasteiger partial charge in [0.05, 0.1) is 5.92 Å². The number of nitrogens with zero attached hydrogens (tertiary/aromatic N) is 1. The summed E-state index contributed by atoms with van der Waals surface area (Å²) in [6.45, 7) is 2.37. The van der Waals surface area contributed by atoms with Crippen molar-refractivity contribution in [2.75, 3.05) is 18.4 Å². The number of carbonyl (C=O) groups excluding carboxylic acids is 2. The Morgan fingerprint density at radius 3 is 2.63 bits per heavy atom. The number of carboxylic acids is 1. The van der Waals surface area contributed by atoms with E-state index in [0.29, 0.717) is 19.5 Å². The third kappa shape index (κ3) is 4.75. The van der Waals surface area contributed by atoms with E-state index in [4.69, 9.17) is 9.84 Å². The van der Waals surface area contributed by atoms with Crippen molar-refractivity contribution >= 4 is 23.5 Å².